The van der Waals surface area contributed by atoms with E-state index in [1.807, 2.05) is 53.7 Å². The quantitative estimate of drug-likeness (QED) is 0.162. The Hall–Kier alpha value is -3.56. The highest BCUT2D eigenvalue weighted by molar-refractivity contribution is 6.28. The lowest BCUT2D eigenvalue weighted by atomic mass is 9.83. The Balaban J connectivity index is 0. The molecule has 2 heterocycles. The second-order valence-corrected chi connectivity index (χ2v) is 13.4. The first-order valence-corrected chi connectivity index (χ1v) is 13.0. The van der Waals surface area contributed by atoms with Gasteiger partial charge in [-0.15, -0.1) is 0 Å². The summed E-state index contributed by atoms with van der Waals surface area (Å²) < 4.78 is 0. The first-order valence-electron chi connectivity index (χ1n) is 12.7. The second kappa shape index (κ2) is 16.5. The number of carbonyl (C=O) groups is 1. The third kappa shape index (κ3) is 16.4. The van der Waals surface area contributed by atoms with Crippen LogP contribution >= 0.6 is 11.6 Å². The fraction of sp³-hybridized carbons (Fsp3) is 0.567. The lowest BCUT2D eigenvalue weighted by molar-refractivity contribution is -0.105. The molecule has 2 rings (SSSR count). The number of H-pyrrole nitrogens is 1. The highest BCUT2D eigenvalue weighted by Crippen LogP contribution is 2.24. The van der Waals surface area contributed by atoms with Gasteiger partial charge in [-0.3, -0.25) is 4.79 Å². The molecule has 0 aliphatic rings. The molecule has 2 aromatic heterocycles. The summed E-state index contributed by atoms with van der Waals surface area (Å²) in [6.45, 7) is 23.8. The smallest absolute Gasteiger partial charge is 0.344 e. The minimum Gasteiger partial charge on any atom is -0.515 e. The van der Waals surface area contributed by atoms with E-state index in [-0.39, 0.29) is 27.3 Å². The topological polar surface area (TPSA) is 156 Å². The van der Waals surface area contributed by atoms with E-state index in [0.717, 1.165) is 17.4 Å². The number of halogens is 1. The van der Waals surface area contributed by atoms with Gasteiger partial charge in [-0.1, -0.05) is 83.1 Å². The van der Waals surface area contributed by atoms with Crippen LogP contribution in [-0.4, -0.2) is 31.3 Å². The SMILES string of the molecule is CC(C)(C)/C(C=O)=C/O.CC(C)(C)C(C#N)C#N.CC(C)(C)c1cnc(=O)[nH]c1.CC(C)(C)c1cnc(Cl)nc1. The van der Waals surface area contributed by atoms with Gasteiger partial charge in [0.15, 0.2) is 0 Å². The minimum absolute atomic E-state index is 0.0528. The number of allylic oxidation sites excluding steroid dienone is 1. The zero-order chi connectivity index (χ0) is 31.9. The fourth-order valence-electron chi connectivity index (χ4n) is 2.27. The van der Waals surface area contributed by atoms with Crippen LogP contribution < -0.4 is 5.69 Å². The number of carbonyl (C=O) groups excluding carboxylic acids is 1. The Morgan fingerprint density at radius 3 is 1.50 bits per heavy atom. The predicted molar refractivity (Wildman–Crippen MR) is 160 cm³/mol. The summed E-state index contributed by atoms with van der Waals surface area (Å²) >= 11 is 5.54. The third-order valence-corrected chi connectivity index (χ3v) is 5.48. The van der Waals surface area contributed by atoms with Crippen molar-refractivity contribution in [1.29, 1.82) is 10.5 Å². The Bertz CT molecular complexity index is 1180. The van der Waals surface area contributed by atoms with Crippen molar-refractivity contribution in [3.8, 4) is 12.1 Å². The maximum Gasteiger partial charge on any atom is 0.344 e. The van der Waals surface area contributed by atoms with Gasteiger partial charge in [0.2, 0.25) is 5.28 Å². The van der Waals surface area contributed by atoms with Gasteiger partial charge in [0.1, 0.15) is 12.2 Å². The van der Waals surface area contributed by atoms with Crippen LogP contribution in [0.15, 0.2) is 41.4 Å². The number of aliphatic hydroxyl groups is 1. The molecule has 0 spiro atoms. The normalized spacial score (nSPS) is 11.8. The zero-order valence-corrected chi connectivity index (χ0v) is 26.7. The van der Waals surface area contributed by atoms with Crippen molar-refractivity contribution < 1.29 is 9.90 Å². The zero-order valence-electron chi connectivity index (χ0n) is 25.9. The molecule has 9 nitrogen and oxygen atoms in total. The molecule has 0 saturated heterocycles. The summed E-state index contributed by atoms with van der Waals surface area (Å²) in [5, 5.41) is 25.6. The molecule has 0 unspecified atom stereocenters. The maximum atomic E-state index is 10.6. The van der Waals surface area contributed by atoms with E-state index in [4.69, 9.17) is 27.2 Å². The summed E-state index contributed by atoms with van der Waals surface area (Å²) in [4.78, 5) is 34.7. The number of rotatable bonds is 1. The van der Waals surface area contributed by atoms with Crippen molar-refractivity contribution in [2.45, 2.75) is 93.9 Å². The summed E-state index contributed by atoms with van der Waals surface area (Å²) in [5.41, 5.74) is 1.97. The molecule has 40 heavy (non-hydrogen) atoms. The Kier molecular flexibility index (Phi) is 15.9. The van der Waals surface area contributed by atoms with Crippen LogP contribution in [0.2, 0.25) is 5.28 Å². The molecule has 0 bridgehead atoms. The fourth-order valence-corrected chi connectivity index (χ4v) is 2.37. The van der Waals surface area contributed by atoms with Gasteiger partial charge in [0.05, 0.1) is 18.4 Å². The number of aromatic nitrogens is 4. The summed E-state index contributed by atoms with van der Waals surface area (Å²) in [6.07, 6.45) is 8.35. The molecule has 0 aliphatic heterocycles. The second-order valence-electron chi connectivity index (χ2n) is 13.1. The summed E-state index contributed by atoms with van der Waals surface area (Å²) in [7, 11) is 0. The van der Waals surface area contributed by atoms with Crippen molar-refractivity contribution in [3.63, 3.8) is 0 Å². The Morgan fingerprint density at radius 1 is 0.875 bits per heavy atom. The standard InChI is InChI=1S/C8H11ClN2.C8H12N2O.C7H10N2.C7H12O2/c1-8(2,3)6-4-10-7(9)11-5-6;1-8(2,3)6-4-9-7(11)10-5-6;2*1-7(2,3)6(4-8)5-9/h4-5H,1-3H3;4-5H,1-3H3,(H,9,10,11);6H,1-3H3;4-5,8H,1-3H3/b;;;6-4+. The van der Waals surface area contributed by atoms with Gasteiger partial charge < -0.3 is 10.1 Å². The maximum absolute atomic E-state index is 10.6. The van der Waals surface area contributed by atoms with Gasteiger partial charge in [0, 0.05) is 30.4 Å². The highest BCUT2D eigenvalue weighted by atomic mass is 35.5. The molecule has 0 amide bonds. The largest absolute Gasteiger partial charge is 0.515 e. The molecular formula is C30H45ClN6O3. The van der Waals surface area contributed by atoms with Gasteiger partial charge in [-0.05, 0) is 44.4 Å². The van der Waals surface area contributed by atoms with Crippen LogP contribution in [0.5, 0.6) is 0 Å². The van der Waals surface area contributed by atoms with Crippen LogP contribution in [0.25, 0.3) is 0 Å². The van der Waals surface area contributed by atoms with E-state index < -0.39 is 5.92 Å². The van der Waals surface area contributed by atoms with Crippen molar-refractivity contribution in [2.24, 2.45) is 16.7 Å². The van der Waals surface area contributed by atoms with Crippen molar-refractivity contribution in [3.05, 3.63) is 63.5 Å². The van der Waals surface area contributed by atoms with E-state index in [0.29, 0.717) is 17.1 Å². The number of aldehydes is 1. The molecule has 10 heteroatoms. The number of nitrogens with zero attached hydrogens (tertiary/aromatic N) is 5. The molecule has 0 aliphatic carbocycles. The van der Waals surface area contributed by atoms with Crippen LogP contribution in [0.4, 0.5) is 0 Å². The highest BCUT2D eigenvalue weighted by Gasteiger charge is 2.23. The first kappa shape index (κ1) is 38.6. The van der Waals surface area contributed by atoms with E-state index in [9.17, 15) is 9.59 Å². The number of aromatic amines is 1. The van der Waals surface area contributed by atoms with E-state index in [2.05, 4.69) is 61.5 Å². The Morgan fingerprint density at radius 2 is 1.30 bits per heavy atom. The van der Waals surface area contributed by atoms with Crippen molar-refractivity contribution >= 4 is 17.9 Å². The lowest BCUT2D eigenvalue weighted by Crippen LogP contribution is -2.17. The first-order chi connectivity index (χ1) is 18.0. The van der Waals surface area contributed by atoms with Crippen LogP contribution in [0, 0.1) is 39.4 Å². The molecule has 0 atom stereocenters. The van der Waals surface area contributed by atoms with Crippen LogP contribution in [0.3, 0.4) is 0 Å². The molecule has 0 aromatic carbocycles. The third-order valence-electron chi connectivity index (χ3n) is 5.28. The van der Waals surface area contributed by atoms with Crippen molar-refractivity contribution in [2.75, 3.05) is 0 Å². The van der Waals surface area contributed by atoms with Gasteiger partial charge in [0.25, 0.3) is 0 Å². The number of aliphatic hydroxyl groups excluding tert-OH is 1. The monoisotopic (exact) mass is 572 g/mol. The average molecular weight is 573 g/mol. The minimum atomic E-state index is -0.488. The Labute approximate surface area is 244 Å². The van der Waals surface area contributed by atoms with E-state index >= 15 is 0 Å². The average Bonchev–Trinajstić information content (AvgIpc) is 2.79. The molecular weight excluding hydrogens is 528 g/mol. The van der Waals surface area contributed by atoms with Crippen molar-refractivity contribution in [1.82, 2.24) is 19.9 Å². The predicted octanol–water partition coefficient (Wildman–Crippen LogP) is 6.86. The van der Waals surface area contributed by atoms with Gasteiger partial charge in [-0.2, -0.15) is 10.5 Å². The lowest BCUT2D eigenvalue weighted by Gasteiger charge is -2.17. The number of nitrogens with one attached hydrogen (secondary N) is 1. The van der Waals surface area contributed by atoms with E-state index in [1.165, 1.54) is 0 Å². The summed E-state index contributed by atoms with van der Waals surface area (Å²) in [6, 6.07) is 3.86. The van der Waals surface area contributed by atoms with E-state index in [1.54, 1.807) is 24.8 Å². The van der Waals surface area contributed by atoms with Gasteiger partial charge >= 0.3 is 5.69 Å². The molecule has 2 aromatic rings. The summed E-state index contributed by atoms with van der Waals surface area (Å²) in [5.74, 6) is -0.488. The molecule has 2 N–H and O–H groups in total. The molecule has 0 fully saturated rings. The van der Waals surface area contributed by atoms with Crippen LogP contribution in [-0.2, 0) is 15.6 Å². The molecule has 220 valence electrons. The van der Waals surface area contributed by atoms with Crippen LogP contribution in [0.1, 0.15) is 94.2 Å². The van der Waals surface area contributed by atoms with Gasteiger partial charge in [-0.25, -0.2) is 19.7 Å². The number of hydrogen-bond acceptors (Lipinski definition) is 8. The molecule has 0 radical (unpaired) electrons. The number of hydrogen-bond donors (Lipinski definition) is 2. The molecule has 0 saturated carbocycles. The number of nitriles is 2.